The van der Waals surface area contributed by atoms with Crippen LogP contribution in [0.25, 0.3) is 0 Å². The van der Waals surface area contributed by atoms with Gasteiger partial charge in [0, 0.05) is 17.3 Å². The van der Waals surface area contributed by atoms with E-state index in [2.05, 4.69) is 6.92 Å². The lowest BCUT2D eigenvalue weighted by Crippen LogP contribution is -2.74. The second-order valence-corrected chi connectivity index (χ2v) is 7.95. The molecule has 2 saturated heterocycles. The zero-order chi connectivity index (χ0) is 16.5. The molecule has 0 aromatic rings. The van der Waals surface area contributed by atoms with Gasteiger partial charge in [0.25, 0.3) is 0 Å². The third kappa shape index (κ3) is 1.61. The Morgan fingerprint density at radius 3 is 2.41 bits per heavy atom. The van der Waals surface area contributed by atoms with Crippen molar-refractivity contribution in [2.24, 2.45) is 22.7 Å². The monoisotopic (exact) mass is 310 g/mol. The molecule has 3 fully saturated rings. The predicted octanol–water partition coefficient (Wildman–Crippen LogP) is 2.06. The quantitative estimate of drug-likeness (QED) is 0.693. The van der Waals surface area contributed by atoms with Gasteiger partial charge in [0.05, 0.1) is 5.92 Å². The van der Waals surface area contributed by atoms with Gasteiger partial charge in [0.15, 0.2) is 5.78 Å². The summed E-state index contributed by atoms with van der Waals surface area (Å²) in [5.74, 6) is -0.664. The summed E-state index contributed by atoms with van der Waals surface area (Å²) in [7, 11) is 0. The summed E-state index contributed by atoms with van der Waals surface area (Å²) < 4.78 is 11.2. The number of hydrogen-bond acceptors (Lipinski definition) is 5. The Morgan fingerprint density at radius 2 is 1.77 bits per heavy atom. The van der Waals surface area contributed by atoms with E-state index in [-0.39, 0.29) is 24.1 Å². The molecule has 2 heterocycles. The van der Waals surface area contributed by atoms with Crippen LogP contribution in [0, 0.1) is 22.7 Å². The fraction of sp³-hybridized carbons (Fsp3) is 0.882. The minimum Gasteiger partial charge on any atom is -0.432 e. The zero-order valence-corrected chi connectivity index (χ0v) is 14.0. The van der Waals surface area contributed by atoms with Crippen LogP contribution in [0.5, 0.6) is 0 Å². The Balaban J connectivity index is 2.23. The summed E-state index contributed by atoms with van der Waals surface area (Å²) in [5, 5.41) is 11.8. The third-order valence-electron chi connectivity index (χ3n) is 7.12. The van der Waals surface area contributed by atoms with Crippen LogP contribution in [-0.2, 0) is 19.1 Å². The van der Waals surface area contributed by atoms with Gasteiger partial charge >= 0.3 is 5.97 Å². The molecule has 1 aliphatic carbocycles. The van der Waals surface area contributed by atoms with Gasteiger partial charge in [-0.1, -0.05) is 27.7 Å². The van der Waals surface area contributed by atoms with Gasteiger partial charge in [-0.05, 0) is 25.7 Å². The van der Waals surface area contributed by atoms with Crippen molar-refractivity contribution in [3.8, 4) is 0 Å². The predicted molar refractivity (Wildman–Crippen MR) is 78.8 cm³/mol. The minimum absolute atomic E-state index is 0.0369. The summed E-state index contributed by atoms with van der Waals surface area (Å²) in [6, 6.07) is 0. The second-order valence-electron chi connectivity index (χ2n) is 7.95. The molecule has 0 unspecified atom stereocenters. The van der Waals surface area contributed by atoms with Crippen LogP contribution in [0.2, 0.25) is 0 Å². The average molecular weight is 310 g/mol. The van der Waals surface area contributed by atoms with Crippen molar-refractivity contribution in [2.45, 2.75) is 71.9 Å². The van der Waals surface area contributed by atoms with E-state index in [1.807, 2.05) is 20.8 Å². The van der Waals surface area contributed by atoms with Crippen molar-refractivity contribution in [3.05, 3.63) is 0 Å². The first-order valence-electron chi connectivity index (χ1n) is 8.19. The zero-order valence-electron chi connectivity index (χ0n) is 14.0. The van der Waals surface area contributed by atoms with Crippen LogP contribution in [0.3, 0.4) is 0 Å². The van der Waals surface area contributed by atoms with E-state index in [4.69, 9.17) is 9.47 Å². The third-order valence-corrected chi connectivity index (χ3v) is 7.12. The highest BCUT2D eigenvalue weighted by atomic mass is 16.7. The molecule has 7 atom stereocenters. The second kappa shape index (κ2) is 4.54. The molecule has 0 bridgehead atoms. The average Bonchev–Trinajstić information content (AvgIpc) is 2.52. The molecule has 22 heavy (non-hydrogen) atoms. The SMILES string of the molecule is C[C@@H]1O[C@H]2OC(=O)[C@H](C)[C@]3(C)CC[C@@H](C)[C@](C)(CC1=O)[C@]23O. The molecule has 1 N–H and O–H groups in total. The van der Waals surface area contributed by atoms with E-state index in [1.165, 1.54) is 0 Å². The minimum atomic E-state index is -1.36. The Hall–Kier alpha value is -0.940. The number of carbonyl (C=O) groups is 2. The van der Waals surface area contributed by atoms with E-state index in [0.29, 0.717) is 0 Å². The Morgan fingerprint density at radius 1 is 1.14 bits per heavy atom. The molecule has 124 valence electrons. The Kier molecular flexibility index (Phi) is 3.29. The highest BCUT2D eigenvalue weighted by Gasteiger charge is 2.74. The molecule has 0 aromatic carbocycles. The smallest absolute Gasteiger partial charge is 0.311 e. The Bertz CT molecular complexity index is 531. The van der Waals surface area contributed by atoms with Gasteiger partial charge in [0.1, 0.15) is 11.7 Å². The molecule has 0 spiro atoms. The maximum atomic E-state index is 12.4. The first-order valence-corrected chi connectivity index (χ1v) is 8.19. The van der Waals surface area contributed by atoms with Gasteiger partial charge in [0.2, 0.25) is 6.29 Å². The molecule has 0 amide bonds. The number of aliphatic hydroxyl groups is 1. The van der Waals surface area contributed by atoms with Crippen molar-refractivity contribution in [1.29, 1.82) is 0 Å². The molecule has 3 aliphatic rings. The highest BCUT2D eigenvalue weighted by Crippen LogP contribution is 2.65. The molecule has 5 nitrogen and oxygen atoms in total. The van der Waals surface area contributed by atoms with Crippen LogP contribution < -0.4 is 0 Å². The van der Waals surface area contributed by atoms with Gasteiger partial charge in [-0.15, -0.1) is 0 Å². The van der Waals surface area contributed by atoms with Crippen LogP contribution in [0.15, 0.2) is 0 Å². The van der Waals surface area contributed by atoms with E-state index < -0.39 is 34.7 Å². The standard InChI is InChI=1S/C17H26O5/c1-9-6-7-15(4)10(2)13(19)22-14-17(15,20)16(9,5)8-12(18)11(3)21-14/h9-11,14,20H,6-8H2,1-5H3/t9-,10+,11+,14+,15+,16+,17+/m1/s1. The normalized spacial score (nSPS) is 55.2. The number of ether oxygens (including phenoxy) is 2. The summed E-state index contributed by atoms with van der Waals surface area (Å²) >= 11 is 0. The number of ketones is 1. The lowest BCUT2D eigenvalue weighted by Gasteiger charge is -2.64. The summed E-state index contributed by atoms with van der Waals surface area (Å²) in [6.07, 6.45) is 0.104. The van der Waals surface area contributed by atoms with Gasteiger partial charge < -0.3 is 14.6 Å². The molecular weight excluding hydrogens is 284 g/mol. The molecule has 0 radical (unpaired) electrons. The number of Topliss-reactive ketones (excluding diaryl/α,β-unsaturated/α-hetero) is 1. The fourth-order valence-electron chi connectivity index (χ4n) is 4.89. The maximum Gasteiger partial charge on any atom is 0.311 e. The highest BCUT2D eigenvalue weighted by molar-refractivity contribution is 5.84. The summed E-state index contributed by atoms with van der Waals surface area (Å²) in [4.78, 5) is 24.7. The van der Waals surface area contributed by atoms with E-state index >= 15 is 0 Å². The van der Waals surface area contributed by atoms with Crippen molar-refractivity contribution >= 4 is 11.8 Å². The number of esters is 1. The van der Waals surface area contributed by atoms with Gasteiger partial charge in [-0.2, -0.15) is 0 Å². The van der Waals surface area contributed by atoms with Crippen molar-refractivity contribution in [3.63, 3.8) is 0 Å². The summed E-state index contributed by atoms with van der Waals surface area (Å²) in [5.41, 5.74) is -2.68. The van der Waals surface area contributed by atoms with Crippen LogP contribution in [0.4, 0.5) is 0 Å². The molecule has 2 aliphatic heterocycles. The van der Waals surface area contributed by atoms with E-state index in [1.54, 1.807) is 6.92 Å². The molecule has 5 heteroatoms. The van der Waals surface area contributed by atoms with Gasteiger partial charge in [-0.3, -0.25) is 9.59 Å². The number of hydrogen-bond donors (Lipinski definition) is 1. The van der Waals surface area contributed by atoms with Crippen LogP contribution in [-0.4, -0.2) is 34.9 Å². The molecular formula is C17H26O5. The first-order chi connectivity index (χ1) is 10.1. The molecule has 0 aromatic heterocycles. The van der Waals surface area contributed by atoms with Crippen LogP contribution in [0.1, 0.15) is 53.9 Å². The molecule has 1 saturated carbocycles. The first kappa shape index (κ1) is 15.9. The van der Waals surface area contributed by atoms with Crippen molar-refractivity contribution < 1.29 is 24.2 Å². The number of rotatable bonds is 0. The van der Waals surface area contributed by atoms with E-state index in [0.717, 1.165) is 12.8 Å². The summed E-state index contributed by atoms with van der Waals surface area (Å²) in [6.45, 7) is 9.44. The van der Waals surface area contributed by atoms with E-state index in [9.17, 15) is 14.7 Å². The maximum absolute atomic E-state index is 12.4. The lowest BCUT2D eigenvalue weighted by atomic mass is 9.44. The molecule has 3 rings (SSSR count). The van der Waals surface area contributed by atoms with Gasteiger partial charge in [-0.25, -0.2) is 0 Å². The largest absolute Gasteiger partial charge is 0.432 e. The van der Waals surface area contributed by atoms with Crippen LogP contribution >= 0.6 is 0 Å². The van der Waals surface area contributed by atoms with Crippen molar-refractivity contribution in [1.82, 2.24) is 0 Å². The fourth-order valence-corrected chi connectivity index (χ4v) is 4.89. The Labute approximate surface area is 131 Å². The lowest BCUT2D eigenvalue weighted by molar-refractivity contribution is -0.349. The topological polar surface area (TPSA) is 72.8 Å². The number of carbonyl (C=O) groups excluding carboxylic acids is 2. The van der Waals surface area contributed by atoms with Crippen molar-refractivity contribution in [2.75, 3.05) is 0 Å².